The highest BCUT2D eigenvalue weighted by Gasteiger charge is 2.32. The minimum atomic E-state index is 0.0290. The summed E-state index contributed by atoms with van der Waals surface area (Å²) >= 11 is 0. The molecule has 0 spiro atoms. The van der Waals surface area contributed by atoms with Crippen LogP contribution in [0.15, 0.2) is 0 Å². The highest BCUT2D eigenvalue weighted by molar-refractivity contribution is 5.80. The van der Waals surface area contributed by atoms with E-state index in [0.717, 1.165) is 77.9 Å². The van der Waals surface area contributed by atoms with E-state index in [9.17, 15) is 9.59 Å². The van der Waals surface area contributed by atoms with Crippen LogP contribution in [0.4, 0.5) is 4.79 Å². The number of carbonyl (C=O) groups excluding carboxylic acids is 2. The summed E-state index contributed by atoms with van der Waals surface area (Å²) in [5.74, 6) is 0.990. The van der Waals surface area contributed by atoms with Crippen molar-refractivity contribution in [3.05, 3.63) is 0 Å². The van der Waals surface area contributed by atoms with Crippen molar-refractivity contribution in [3.63, 3.8) is 0 Å². The van der Waals surface area contributed by atoms with Crippen molar-refractivity contribution in [1.82, 2.24) is 20.0 Å². The molecule has 3 amide bonds. The molecule has 3 rings (SSSR count). The first kappa shape index (κ1) is 22.3. The summed E-state index contributed by atoms with van der Waals surface area (Å²) in [5.41, 5.74) is 0. The summed E-state index contributed by atoms with van der Waals surface area (Å²) in [5, 5.41) is 3.21. The molecule has 0 saturated carbocycles. The first-order chi connectivity index (χ1) is 14.1. The molecular formula is C22H40N4O3. The maximum Gasteiger partial charge on any atom is 0.317 e. The SMILES string of the molecule is CCC(CC)C(CNC(=O)N1CCC(C(=O)N2CCCC2)CC1)N1CCOCC1. The number of nitrogens with zero attached hydrogens (tertiary/aromatic N) is 3. The Morgan fingerprint density at radius 3 is 2.14 bits per heavy atom. The van der Waals surface area contributed by atoms with Crippen LogP contribution in [-0.2, 0) is 9.53 Å². The number of piperidine rings is 1. The molecule has 0 aromatic rings. The Balaban J connectivity index is 1.46. The molecule has 166 valence electrons. The van der Waals surface area contributed by atoms with Gasteiger partial charge in [0.25, 0.3) is 0 Å². The Kier molecular flexibility index (Phi) is 8.60. The third-order valence-corrected chi connectivity index (χ3v) is 7.12. The molecule has 0 aromatic carbocycles. The molecule has 3 saturated heterocycles. The quantitative estimate of drug-likeness (QED) is 0.701. The second kappa shape index (κ2) is 11.2. The third-order valence-electron chi connectivity index (χ3n) is 7.12. The predicted molar refractivity (Wildman–Crippen MR) is 114 cm³/mol. The van der Waals surface area contributed by atoms with Crippen LogP contribution in [0, 0.1) is 11.8 Å². The molecule has 1 N–H and O–H groups in total. The van der Waals surface area contributed by atoms with Gasteiger partial charge < -0.3 is 19.9 Å². The van der Waals surface area contributed by atoms with Crippen LogP contribution in [0.1, 0.15) is 52.4 Å². The molecule has 1 atom stereocenters. The minimum absolute atomic E-state index is 0.0290. The van der Waals surface area contributed by atoms with E-state index in [-0.39, 0.29) is 11.9 Å². The Morgan fingerprint density at radius 2 is 1.55 bits per heavy atom. The number of ether oxygens (including phenoxy) is 1. The van der Waals surface area contributed by atoms with E-state index < -0.39 is 0 Å². The van der Waals surface area contributed by atoms with E-state index in [4.69, 9.17) is 4.74 Å². The zero-order valence-corrected chi connectivity index (χ0v) is 18.4. The molecule has 29 heavy (non-hydrogen) atoms. The van der Waals surface area contributed by atoms with E-state index >= 15 is 0 Å². The third kappa shape index (κ3) is 5.85. The van der Waals surface area contributed by atoms with Crippen molar-refractivity contribution < 1.29 is 14.3 Å². The van der Waals surface area contributed by atoms with Crippen LogP contribution < -0.4 is 5.32 Å². The molecule has 3 heterocycles. The highest BCUT2D eigenvalue weighted by atomic mass is 16.5. The van der Waals surface area contributed by atoms with Gasteiger partial charge in [0, 0.05) is 57.8 Å². The fourth-order valence-corrected chi connectivity index (χ4v) is 5.16. The number of hydrogen-bond donors (Lipinski definition) is 1. The van der Waals surface area contributed by atoms with Gasteiger partial charge in [-0.1, -0.05) is 26.7 Å². The van der Waals surface area contributed by atoms with Crippen LogP contribution in [0.5, 0.6) is 0 Å². The summed E-state index contributed by atoms with van der Waals surface area (Å²) in [6.07, 6.45) is 6.10. The average molecular weight is 409 g/mol. The summed E-state index contributed by atoms with van der Waals surface area (Å²) in [6.45, 7) is 11.8. The first-order valence-corrected chi connectivity index (χ1v) is 11.8. The molecule has 0 radical (unpaired) electrons. The van der Waals surface area contributed by atoms with Gasteiger partial charge in [0.05, 0.1) is 13.2 Å². The maximum absolute atomic E-state index is 12.8. The Bertz CT molecular complexity index is 520. The van der Waals surface area contributed by atoms with Crippen molar-refractivity contribution in [2.75, 3.05) is 59.0 Å². The van der Waals surface area contributed by atoms with Gasteiger partial charge in [-0.15, -0.1) is 0 Å². The van der Waals surface area contributed by atoms with Gasteiger partial charge in [-0.2, -0.15) is 0 Å². The molecule has 3 fully saturated rings. The molecule has 0 bridgehead atoms. The van der Waals surface area contributed by atoms with E-state index in [1.54, 1.807) is 0 Å². The number of hydrogen-bond acceptors (Lipinski definition) is 4. The van der Waals surface area contributed by atoms with E-state index in [1.807, 2.05) is 9.80 Å². The number of carbonyl (C=O) groups is 2. The molecule has 7 nitrogen and oxygen atoms in total. The minimum Gasteiger partial charge on any atom is -0.379 e. The van der Waals surface area contributed by atoms with Gasteiger partial charge in [-0.05, 0) is 31.6 Å². The van der Waals surface area contributed by atoms with E-state index in [0.29, 0.717) is 37.5 Å². The Hall–Kier alpha value is -1.34. The maximum atomic E-state index is 12.8. The lowest BCUT2D eigenvalue weighted by Gasteiger charge is -2.39. The van der Waals surface area contributed by atoms with Crippen molar-refractivity contribution in [1.29, 1.82) is 0 Å². The first-order valence-electron chi connectivity index (χ1n) is 11.8. The highest BCUT2D eigenvalue weighted by Crippen LogP contribution is 2.23. The molecule has 3 aliphatic heterocycles. The molecule has 3 aliphatic rings. The number of amides is 3. The van der Waals surface area contributed by atoms with Gasteiger partial charge in [0.15, 0.2) is 0 Å². The predicted octanol–water partition coefficient (Wildman–Crippen LogP) is 2.17. The number of likely N-dealkylation sites (tertiary alicyclic amines) is 2. The van der Waals surface area contributed by atoms with Gasteiger partial charge in [-0.25, -0.2) is 4.79 Å². The second-order valence-corrected chi connectivity index (χ2v) is 8.77. The van der Waals surface area contributed by atoms with Crippen LogP contribution in [0.25, 0.3) is 0 Å². The largest absolute Gasteiger partial charge is 0.379 e. The lowest BCUT2D eigenvalue weighted by molar-refractivity contribution is -0.135. The van der Waals surface area contributed by atoms with E-state index in [1.165, 1.54) is 0 Å². The normalized spacial score (nSPS) is 22.9. The van der Waals surface area contributed by atoms with Gasteiger partial charge >= 0.3 is 6.03 Å². The Labute approximate surface area is 176 Å². The lowest BCUT2D eigenvalue weighted by Crippen LogP contribution is -2.54. The fourth-order valence-electron chi connectivity index (χ4n) is 5.16. The number of urea groups is 1. The van der Waals surface area contributed by atoms with Crippen molar-refractivity contribution in [3.8, 4) is 0 Å². The van der Waals surface area contributed by atoms with Crippen molar-refractivity contribution in [2.24, 2.45) is 11.8 Å². The van der Waals surface area contributed by atoms with Crippen LogP contribution in [0.3, 0.4) is 0 Å². The summed E-state index contributed by atoms with van der Waals surface area (Å²) in [7, 11) is 0. The summed E-state index contributed by atoms with van der Waals surface area (Å²) in [4.78, 5) is 31.8. The molecule has 0 aliphatic carbocycles. The smallest absolute Gasteiger partial charge is 0.317 e. The average Bonchev–Trinajstić information content (AvgIpc) is 3.31. The summed E-state index contributed by atoms with van der Waals surface area (Å²) < 4.78 is 5.52. The van der Waals surface area contributed by atoms with Gasteiger partial charge in [0.2, 0.25) is 5.91 Å². The number of morpholine rings is 1. The van der Waals surface area contributed by atoms with Crippen LogP contribution >= 0.6 is 0 Å². The molecular weight excluding hydrogens is 368 g/mol. The zero-order chi connectivity index (χ0) is 20.6. The topological polar surface area (TPSA) is 65.1 Å². The molecule has 7 heteroatoms. The fraction of sp³-hybridized carbons (Fsp3) is 0.909. The second-order valence-electron chi connectivity index (χ2n) is 8.77. The summed E-state index contributed by atoms with van der Waals surface area (Å²) in [6, 6.07) is 0.397. The molecule has 0 aromatic heterocycles. The van der Waals surface area contributed by atoms with Gasteiger partial charge in [-0.3, -0.25) is 9.69 Å². The lowest BCUT2D eigenvalue weighted by atomic mass is 9.92. The van der Waals surface area contributed by atoms with E-state index in [2.05, 4.69) is 24.1 Å². The van der Waals surface area contributed by atoms with Crippen LogP contribution in [-0.4, -0.2) is 91.7 Å². The number of nitrogens with one attached hydrogen (secondary N) is 1. The standard InChI is InChI=1S/C22H40N4O3/c1-3-18(4-2)20(24-13-15-29-16-14-24)17-23-22(28)26-11-7-19(8-12-26)21(27)25-9-5-6-10-25/h18-20H,3-17H2,1-2H3,(H,23,28). The Morgan fingerprint density at radius 1 is 0.931 bits per heavy atom. The van der Waals surface area contributed by atoms with Crippen LogP contribution in [0.2, 0.25) is 0 Å². The van der Waals surface area contributed by atoms with Crippen molar-refractivity contribution >= 4 is 11.9 Å². The monoisotopic (exact) mass is 408 g/mol. The zero-order valence-electron chi connectivity index (χ0n) is 18.4. The molecule has 1 unspecified atom stereocenters. The number of rotatable bonds is 7. The van der Waals surface area contributed by atoms with Crippen molar-refractivity contribution in [2.45, 2.75) is 58.4 Å². The van der Waals surface area contributed by atoms with Gasteiger partial charge in [0.1, 0.15) is 0 Å².